The summed E-state index contributed by atoms with van der Waals surface area (Å²) < 4.78 is 0. The summed E-state index contributed by atoms with van der Waals surface area (Å²) in [6.07, 6.45) is 2.05. The number of nitrogens with zero attached hydrogens (tertiary/aromatic N) is 3. The Bertz CT molecular complexity index is 694. The number of oxime groups is 3. The zero-order valence-corrected chi connectivity index (χ0v) is 11.9. The molecule has 1 aromatic carbocycles. The molecule has 6 nitrogen and oxygen atoms in total. The average Bonchev–Trinajstić information content (AvgIpc) is 2.56. The van der Waals surface area contributed by atoms with Gasteiger partial charge in [0.25, 0.3) is 0 Å². The minimum absolute atomic E-state index is 0.130. The summed E-state index contributed by atoms with van der Waals surface area (Å²) in [6.45, 7) is 0. The molecule has 0 aliphatic heterocycles. The van der Waals surface area contributed by atoms with Crippen molar-refractivity contribution < 1.29 is 15.6 Å². The van der Waals surface area contributed by atoms with Crippen molar-refractivity contribution in [1.82, 2.24) is 0 Å². The Morgan fingerprint density at radius 2 is 1.59 bits per heavy atom. The number of benzene rings is 1. The summed E-state index contributed by atoms with van der Waals surface area (Å²) in [6, 6.07) is 10.0. The first-order valence-electron chi connectivity index (χ1n) is 7.46. The molecule has 4 saturated carbocycles. The lowest BCUT2D eigenvalue weighted by atomic mass is 9.45. The van der Waals surface area contributed by atoms with Crippen molar-refractivity contribution in [2.75, 3.05) is 0 Å². The maximum atomic E-state index is 9.63. The van der Waals surface area contributed by atoms with Gasteiger partial charge in [-0.3, -0.25) is 0 Å². The van der Waals surface area contributed by atoms with Crippen molar-refractivity contribution in [2.45, 2.75) is 24.7 Å². The van der Waals surface area contributed by atoms with E-state index >= 15 is 0 Å². The van der Waals surface area contributed by atoms with Crippen LogP contribution in [-0.4, -0.2) is 32.8 Å². The third kappa shape index (κ3) is 1.47. The first kappa shape index (κ1) is 13.3. The van der Waals surface area contributed by atoms with Crippen LogP contribution < -0.4 is 0 Å². The lowest BCUT2D eigenvalue weighted by Crippen LogP contribution is -2.63. The van der Waals surface area contributed by atoms with Crippen LogP contribution in [0.3, 0.4) is 0 Å². The van der Waals surface area contributed by atoms with E-state index in [-0.39, 0.29) is 23.2 Å². The van der Waals surface area contributed by atoms with E-state index in [9.17, 15) is 15.6 Å². The highest BCUT2D eigenvalue weighted by molar-refractivity contribution is 6.25. The van der Waals surface area contributed by atoms with Gasteiger partial charge in [-0.1, -0.05) is 45.8 Å². The van der Waals surface area contributed by atoms with E-state index in [0.717, 1.165) is 12.0 Å². The van der Waals surface area contributed by atoms with Crippen molar-refractivity contribution >= 4 is 17.1 Å². The number of rotatable bonds is 1. The van der Waals surface area contributed by atoms with Crippen LogP contribution in [-0.2, 0) is 5.41 Å². The third-order valence-electron chi connectivity index (χ3n) is 5.64. The van der Waals surface area contributed by atoms with Gasteiger partial charge < -0.3 is 15.6 Å². The quantitative estimate of drug-likeness (QED) is 0.549. The lowest BCUT2D eigenvalue weighted by molar-refractivity contribution is 0.231. The Morgan fingerprint density at radius 1 is 0.864 bits per heavy atom. The molecule has 4 atom stereocenters. The van der Waals surface area contributed by atoms with Crippen LogP contribution >= 0.6 is 0 Å². The van der Waals surface area contributed by atoms with Crippen LogP contribution in [0.15, 0.2) is 45.8 Å². The molecular formula is C16H17N3O3. The molecule has 4 aliphatic carbocycles. The SMILES string of the molecule is O/N=C1\C2CC3CC(c4ccccc4)(CC1/C3=N/O)/C2=N\O. The summed E-state index contributed by atoms with van der Waals surface area (Å²) in [7, 11) is 0. The maximum Gasteiger partial charge on any atom is 0.0765 e. The molecule has 0 amide bonds. The topological polar surface area (TPSA) is 97.8 Å². The predicted octanol–water partition coefficient (Wildman–Crippen LogP) is 2.47. The smallest absolute Gasteiger partial charge is 0.0765 e. The fourth-order valence-electron chi connectivity index (χ4n) is 4.85. The molecule has 4 unspecified atom stereocenters. The summed E-state index contributed by atoms with van der Waals surface area (Å²) >= 11 is 0. The standard InChI is InChI=1S/C16H17N3O3/c20-17-13-9-6-11-14(18-21)12(13)8-16(7-9,15(11)19-22)10-4-2-1-3-5-10/h1-5,9,11-12,20-22H,6-8H2/b17-13+,18-14+,19-15-. The van der Waals surface area contributed by atoms with Gasteiger partial charge >= 0.3 is 0 Å². The van der Waals surface area contributed by atoms with Crippen LogP contribution in [0, 0.1) is 17.8 Å². The van der Waals surface area contributed by atoms with E-state index in [1.807, 2.05) is 30.3 Å². The molecule has 4 bridgehead atoms. The van der Waals surface area contributed by atoms with Crippen LogP contribution in [0.2, 0.25) is 0 Å². The highest BCUT2D eigenvalue weighted by Crippen LogP contribution is 2.57. The monoisotopic (exact) mass is 299 g/mol. The van der Waals surface area contributed by atoms with Gasteiger partial charge in [0.05, 0.1) is 17.1 Å². The lowest BCUT2D eigenvalue weighted by Gasteiger charge is -2.56. The maximum absolute atomic E-state index is 9.63. The summed E-state index contributed by atoms with van der Waals surface area (Å²) in [4.78, 5) is 0. The molecule has 0 spiro atoms. The Morgan fingerprint density at radius 3 is 2.23 bits per heavy atom. The minimum atomic E-state index is -0.364. The van der Waals surface area contributed by atoms with E-state index in [0.29, 0.717) is 30.0 Å². The largest absolute Gasteiger partial charge is 0.411 e. The molecule has 4 fully saturated rings. The second-order valence-electron chi connectivity index (χ2n) is 6.43. The van der Waals surface area contributed by atoms with Crippen molar-refractivity contribution in [1.29, 1.82) is 0 Å². The molecule has 4 aliphatic rings. The fraction of sp³-hybridized carbons (Fsp3) is 0.438. The first-order valence-corrected chi connectivity index (χ1v) is 7.46. The predicted molar refractivity (Wildman–Crippen MR) is 80.1 cm³/mol. The number of hydrogen-bond donors (Lipinski definition) is 3. The van der Waals surface area contributed by atoms with Gasteiger partial charge in [0.2, 0.25) is 0 Å². The Hall–Kier alpha value is -2.37. The highest BCUT2D eigenvalue weighted by Gasteiger charge is 2.62. The van der Waals surface area contributed by atoms with Gasteiger partial charge in [-0.05, 0) is 24.8 Å². The Balaban J connectivity index is 1.92. The fourth-order valence-corrected chi connectivity index (χ4v) is 4.85. The Kier molecular flexibility index (Phi) is 2.76. The molecule has 1 aromatic rings. The normalized spacial score (nSPS) is 41.6. The van der Waals surface area contributed by atoms with Gasteiger partial charge in [0, 0.05) is 23.2 Å². The number of hydrogen-bond acceptors (Lipinski definition) is 6. The van der Waals surface area contributed by atoms with Gasteiger partial charge in [-0.15, -0.1) is 0 Å². The highest BCUT2D eigenvalue weighted by atomic mass is 16.4. The summed E-state index contributed by atoms with van der Waals surface area (Å²) in [5.41, 5.74) is 2.68. The van der Waals surface area contributed by atoms with Gasteiger partial charge in [-0.2, -0.15) is 0 Å². The molecule has 0 aromatic heterocycles. The zero-order chi connectivity index (χ0) is 15.3. The molecule has 114 valence electrons. The van der Waals surface area contributed by atoms with Gasteiger partial charge in [-0.25, -0.2) is 0 Å². The third-order valence-corrected chi connectivity index (χ3v) is 5.64. The van der Waals surface area contributed by atoms with E-state index in [1.54, 1.807) is 0 Å². The van der Waals surface area contributed by atoms with E-state index in [4.69, 9.17) is 0 Å². The molecule has 5 rings (SSSR count). The molecule has 22 heavy (non-hydrogen) atoms. The van der Waals surface area contributed by atoms with Crippen molar-refractivity contribution in [3.63, 3.8) is 0 Å². The molecule has 0 heterocycles. The van der Waals surface area contributed by atoms with Crippen molar-refractivity contribution in [2.24, 2.45) is 33.2 Å². The average molecular weight is 299 g/mol. The van der Waals surface area contributed by atoms with Gasteiger partial charge in [0.15, 0.2) is 0 Å². The van der Waals surface area contributed by atoms with Crippen LogP contribution in [0.25, 0.3) is 0 Å². The minimum Gasteiger partial charge on any atom is -0.411 e. The van der Waals surface area contributed by atoms with Crippen molar-refractivity contribution in [3.05, 3.63) is 35.9 Å². The second kappa shape index (κ2) is 4.56. The molecule has 0 radical (unpaired) electrons. The molecule has 0 saturated heterocycles. The first-order chi connectivity index (χ1) is 10.7. The summed E-state index contributed by atoms with van der Waals surface area (Å²) in [5.74, 6) is -0.235. The van der Waals surface area contributed by atoms with Crippen LogP contribution in [0.1, 0.15) is 24.8 Å². The van der Waals surface area contributed by atoms with E-state index in [1.165, 1.54) is 0 Å². The van der Waals surface area contributed by atoms with E-state index < -0.39 is 0 Å². The molecule has 6 heteroatoms. The van der Waals surface area contributed by atoms with Crippen LogP contribution in [0.4, 0.5) is 0 Å². The van der Waals surface area contributed by atoms with Crippen molar-refractivity contribution in [3.8, 4) is 0 Å². The summed E-state index contributed by atoms with van der Waals surface area (Å²) in [5, 5.41) is 38.9. The molecular weight excluding hydrogens is 282 g/mol. The second-order valence-corrected chi connectivity index (χ2v) is 6.43. The molecule has 3 N–H and O–H groups in total. The van der Waals surface area contributed by atoms with Gasteiger partial charge in [0.1, 0.15) is 0 Å². The Labute approximate surface area is 127 Å². The van der Waals surface area contributed by atoms with Crippen LogP contribution in [0.5, 0.6) is 0 Å². The zero-order valence-electron chi connectivity index (χ0n) is 11.9. The van der Waals surface area contributed by atoms with E-state index in [2.05, 4.69) is 15.5 Å².